The summed E-state index contributed by atoms with van der Waals surface area (Å²) in [5, 5.41) is 11.3. The summed E-state index contributed by atoms with van der Waals surface area (Å²) in [6.07, 6.45) is 1.35. The Morgan fingerprint density at radius 3 is 2.47 bits per heavy atom. The molecule has 0 atom stereocenters. The number of hydrogen-bond acceptors (Lipinski definition) is 3. The van der Waals surface area contributed by atoms with Crippen molar-refractivity contribution < 1.29 is 0 Å². The first kappa shape index (κ1) is 18.5. The van der Waals surface area contributed by atoms with Gasteiger partial charge in [-0.25, -0.2) is 5.43 Å². The second-order valence-electron chi connectivity index (χ2n) is 2.65. The van der Waals surface area contributed by atoms with E-state index in [0.717, 1.165) is 0 Å². The van der Waals surface area contributed by atoms with E-state index in [0.29, 0.717) is 21.3 Å². The Hall–Kier alpha value is -0.880. The SMILES string of the molecule is Cl.Cl.N=C(N)NN=Cc1c(Cl)ccc(N)c1Cl. The van der Waals surface area contributed by atoms with Gasteiger partial charge in [-0.3, -0.25) is 5.41 Å². The number of hydrazone groups is 1. The number of halogens is 4. The number of hydrogen-bond donors (Lipinski definition) is 4. The fraction of sp³-hybridized carbons (Fsp3) is 0. The number of nitrogens with one attached hydrogen (secondary N) is 2. The van der Waals surface area contributed by atoms with Crippen LogP contribution >= 0.6 is 48.0 Å². The molecule has 0 saturated heterocycles. The number of rotatable bonds is 2. The Morgan fingerprint density at radius 2 is 1.94 bits per heavy atom. The van der Waals surface area contributed by atoms with E-state index >= 15 is 0 Å². The Labute approximate surface area is 121 Å². The summed E-state index contributed by atoms with van der Waals surface area (Å²) in [5.41, 5.74) is 13.7. The maximum Gasteiger partial charge on any atom is 0.206 e. The van der Waals surface area contributed by atoms with Gasteiger partial charge in [-0.1, -0.05) is 23.2 Å². The van der Waals surface area contributed by atoms with Crippen LogP contribution in [0.25, 0.3) is 0 Å². The van der Waals surface area contributed by atoms with Crippen LogP contribution in [0.15, 0.2) is 17.2 Å². The van der Waals surface area contributed by atoms with E-state index < -0.39 is 0 Å². The average molecular weight is 319 g/mol. The van der Waals surface area contributed by atoms with Gasteiger partial charge in [0.05, 0.1) is 21.9 Å². The molecule has 1 aromatic rings. The lowest BCUT2D eigenvalue weighted by atomic mass is 10.2. The quantitative estimate of drug-likeness (QED) is 0.291. The van der Waals surface area contributed by atoms with Gasteiger partial charge in [-0.2, -0.15) is 5.10 Å². The molecule has 0 fully saturated rings. The maximum absolute atomic E-state index is 6.87. The van der Waals surface area contributed by atoms with Gasteiger partial charge >= 0.3 is 0 Å². The molecule has 0 unspecified atom stereocenters. The fourth-order valence-electron chi connectivity index (χ4n) is 0.871. The van der Waals surface area contributed by atoms with Crippen molar-refractivity contribution in [1.29, 1.82) is 5.41 Å². The standard InChI is InChI=1S/C8H9Cl2N5.2ClH/c9-5-1-2-6(11)7(10)4(5)3-14-15-8(12)13;;/h1-3H,11H2,(H4,12,13,15);2*1H. The van der Waals surface area contributed by atoms with Crippen molar-refractivity contribution in [2.45, 2.75) is 0 Å². The van der Waals surface area contributed by atoms with E-state index in [1.807, 2.05) is 0 Å². The zero-order valence-corrected chi connectivity index (χ0v) is 11.6. The molecule has 0 aliphatic heterocycles. The zero-order valence-electron chi connectivity index (χ0n) is 8.41. The van der Waals surface area contributed by atoms with Crippen LogP contribution in [0.4, 0.5) is 5.69 Å². The number of guanidine groups is 1. The molecule has 1 aromatic carbocycles. The number of nitrogens with zero attached hydrogens (tertiary/aromatic N) is 1. The minimum atomic E-state index is -0.276. The lowest BCUT2D eigenvalue weighted by molar-refractivity contribution is 1.00. The smallest absolute Gasteiger partial charge is 0.206 e. The van der Waals surface area contributed by atoms with Crippen LogP contribution in [-0.2, 0) is 0 Å². The van der Waals surface area contributed by atoms with Crippen molar-refractivity contribution in [3.63, 3.8) is 0 Å². The number of benzene rings is 1. The van der Waals surface area contributed by atoms with Gasteiger partial charge in [0, 0.05) is 5.56 Å². The molecule has 96 valence electrons. The molecule has 17 heavy (non-hydrogen) atoms. The molecular formula is C8H11Cl4N5. The lowest BCUT2D eigenvalue weighted by Gasteiger charge is -2.04. The summed E-state index contributed by atoms with van der Waals surface area (Å²) in [6, 6.07) is 3.21. The molecule has 0 spiro atoms. The molecule has 9 heteroatoms. The molecular weight excluding hydrogens is 308 g/mol. The van der Waals surface area contributed by atoms with Crippen molar-refractivity contribution in [3.05, 3.63) is 27.7 Å². The first-order valence-corrected chi connectivity index (χ1v) is 4.64. The highest BCUT2D eigenvalue weighted by molar-refractivity contribution is 6.40. The van der Waals surface area contributed by atoms with Crippen molar-refractivity contribution in [3.8, 4) is 0 Å². The predicted octanol–water partition coefficient (Wildman–Crippen LogP) is 2.24. The second kappa shape index (κ2) is 8.25. The Kier molecular flexibility index (Phi) is 8.97. The third-order valence-corrected chi connectivity index (χ3v) is 2.29. The molecule has 5 nitrogen and oxygen atoms in total. The van der Waals surface area contributed by atoms with Crippen LogP contribution in [0, 0.1) is 5.41 Å². The van der Waals surface area contributed by atoms with Gasteiger partial charge in [0.15, 0.2) is 0 Å². The topological polar surface area (TPSA) is 100 Å². The number of nitrogens with two attached hydrogens (primary N) is 2. The summed E-state index contributed by atoms with van der Waals surface area (Å²) in [4.78, 5) is 0. The Bertz CT molecular complexity index is 421. The first-order valence-electron chi connectivity index (χ1n) is 3.89. The largest absolute Gasteiger partial charge is 0.398 e. The van der Waals surface area contributed by atoms with E-state index in [1.54, 1.807) is 12.1 Å². The first-order chi connectivity index (χ1) is 7.02. The van der Waals surface area contributed by atoms with Crippen LogP contribution in [0.2, 0.25) is 10.0 Å². The highest BCUT2D eigenvalue weighted by Crippen LogP contribution is 2.28. The summed E-state index contributed by atoms with van der Waals surface area (Å²) in [5.74, 6) is -0.276. The highest BCUT2D eigenvalue weighted by atomic mass is 35.5. The number of anilines is 1. The number of nitrogen functional groups attached to an aromatic ring is 1. The normalized spacial score (nSPS) is 9.29. The summed E-state index contributed by atoms with van der Waals surface area (Å²) < 4.78 is 0. The lowest BCUT2D eigenvalue weighted by Crippen LogP contribution is -2.25. The van der Waals surface area contributed by atoms with Crippen LogP contribution in [0.1, 0.15) is 5.56 Å². The van der Waals surface area contributed by atoms with Crippen molar-refractivity contribution in [2.24, 2.45) is 10.8 Å². The van der Waals surface area contributed by atoms with Gasteiger partial charge in [-0.05, 0) is 12.1 Å². The average Bonchev–Trinajstić information content (AvgIpc) is 2.17. The molecule has 0 aromatic heterocycles. The Morgan fingerprint density at radius 1 is 1.35 bits per heavy atom. The molecule has 0 saturated carbocycles. The molecule has 0 aliphatic rings. The molecule has 0 bridgehead atoms. The Balaban J connectivity index is 0. The van der Waals surface area contributed by atoms with Crippen LogP contribution in [0.5, 0.6) is 0 Å². The van der Waals surface area contributed by atoms with Crippen LogP contribution in [-0.4, -0.2) is 12.2 Å². The van der Waals surface area contributed by atoms with E-state index in [9.17, 15) is 0 Å². The van der Waals surface area contributed by atoms with Gasteiger partial charge < -0.3 is 11.5 Å². The van der Waals surface area contributed by atoms with Crippen molar-refractivity contribution in [2.75, 3.05) is 5.73 Å². The zero-order chi connectivity index (χ0) is 11.4. The highest BCUT2D eigenvalue weighted by Gasteiger charge is 2.06. The molecule has 0 amide bonds. The molecule has 6 N–H and O–H groups in total. The van der Waals surface area contributed by atoms with E-state index in [-0.39, 0.29) is 30.8 Å². The van der Waals surface area contributed by atoms with Gasteiger partial charge in [0.1, 0.15) is 0 Å². The van der Waals surface area contributed by atoms with Gasteiger partial charge in [0.2, 0.25) is 5.96 Å². The van der Waals surface area contributed by atoms with E-state index in [1.165, 1.54) is 6.21 Å². The summed E-state index contributed by atoms with van der Waals surface area (Å²) in [6.45, 7) is 0. The maximum atomic E-state index is 6.87. The minimum Gasteiger partial charge on any atom is -0.398 e. The van der Waals surface area contributed by atoms with Crippen LogP contribution in [0.3, 0.4) is 0 Å². The third kappa shape index (κ3) is 5.32. The van der Waals surface area contributed by atoms with Crippen molar-refractivity contribution >= 4 is 65.9 Å². The molecule has 0 aliphatic carbocycles. The second-order valence-corrected chi connectivity index (χ2v) is 3.43. The van der Waals surface area contributed by atoms with Crippen LogP contribution < -0.4 is 16.9 Å². The minimum absolute atomic E-state index is 0. The summed E-state index contributed by atoms with van der Waals surface area (Å²) in [7, 11) is 0. The third-order valence-electron chi connectivity index (χ3n) is 1.54. The fourth-order valence-corrected chi connectivity index (χ4v) is 1.34. The van der Waals surface area contributed by atoms with Gasteiger partial charge in [0.25, 0.3) is 0 Å². The van der Waals surface area contributed by atoms with E-state index in [4.69, 9.17) is 40.1 Å². The summed E-state index contributed by atoms with van der Waals surface area (Å²) >= 11 is 11.8. The molecule has 0 radical (unpaired) electrons. The molecule has 0 heterocycles. The van der Waals surface area contributed by atoms with Gasteiger partial charge in [-0.15, -0.1) is 24.8 Å². The van der Waals surface area contributed by atoms with Crippen molar-refractivity contribution in [1.82, 2.24) is 5.43 Å². The molecule has 1 rings (SSSR count). The monoisotopic (exact) mass is 317 g/mol. The van der Waals surface area contributed by atoms with E-state index in [2.05, 4.69) is 10.5 Å². The predicted molar refractivity (Wildman–Crippen MR) is 78.0 cm³/mol.